The second-order valence-electron chi connectivity index (χ2n) is 8.52. The van der Waals surface area contributed by atoms with Crippen molar-refractivity contribution in [3.63, 3.8) is 0 Å². The Morgan fingerprint density at radius 3 is 2.85 bits per heavy atom. The predicted molar refractivity (Wildman–Crippen MR) is 135 cm³/mol. The van der Waals surface area contributed by atoms with E-state index in [0.717, 1.165) is 34.3 Å². The van der Waals surface area contributed by atoms with Gasteiger partial charge in [-0.1, -0.05) is 30.0 Å². The quantitative estimate of drug-likeness (QED) is 0.457. The molecule has 1 aliphatic heterocycles. The summed E-state index contributed by atoms with van der Waals surface area (Å²) in [6.45, 7) is 5.62. The topological polar surface area (TPSA) is 63.6 Å². The zero-order chi connectivity index (χ0) is 23.4. The smallest absolute Gasteiger partial charge is 0.247 e. The molecule has 0 fully saturated rings. The van der Waals surface area contributed by atoms with Gasteiger partial charge in [-0.2, -0.15) is 11.3 Å². The molecule has 0 saturated carbocycles. The number of fused-ring (bicyclic) bond motifs is 3. The van der Waals surface area contributed by atoms with Crippen LogP contribution in [0.15, 0.2) is 46.1 Å². The average Bonchev–Trinajstić information content (AvgIpc) is 3.37. The minimum Gasteiger partial charge on any atom is -0.379 e. The number of thioether (sulfide) groups is 1. The molecule has 0 bridgehead atoms. The summed E-state index contributed by atoms with van der Waals surface area (Å²) in [5, 5.41) is 9.25. The number of hydrogen-bond donors (Lipinski definition) is 1. The number of nitrogens with one attached hydrogen (secondary N) is 1. The van der Waals surface area contributed by atoms with Crippen LogP contribution in [0.5, 0.6) is 0 Å². The van der Waals surface area contributed by atoms with Crippen molar-refractivity contribution in [2.75, 3.05) is 25.4 Å². The molecule has 0 aliphatic carbocycles. The van der Waals surface area contributed by atoms with Crippen molar-refractivity contribution >= 4 is 45.8 Å². The van der Waals surface area contributed by atoms with Crippen LogP contribution < -0.4 is 5.32 Å². The minimum atomic E-state index is -0.654. The van der Waals surface area contributed by atoms with Crippen molar-refractivity contribution < 1.29 is 14.3 Å². The van der Waals surface area contributed by atoms with Crippen molar-refractivity contribution in [3.8, 4) is 0 Å². The average molecular weight is 486 g/mol. The summed E-state index contributed by atoms with van der Waals surface area (Å²) in [4.78, 5) is 28.7. The number of nitrogens with zero attached hydrogens (tertiary/aromatic N) is 2. The van der Waals surface area contributed by atoms with Gasteiger partial charge in [-0.25, -0.2) is 0 Å². The first kappa shape index (κ1) is 23.9. The fraction of sp³-hybridized carbons (Fsp3) is 0.440. The molecule has 6 nitrogen and oxygen atoms in total. The summed E-state index contributed by atoms with van der Waals surface area (Å²) < 4.78 is 7.72. The van der Waals surface area contributed by atoms with Crippen molar-refractivity contribution in [2.45, 2.75) is 43.9 Å². The summed E-state index contributed by atoms with van der Waals surface area (Å²) in [7, 11) is 2.01. The second-order valence-corrected chi connectivity index (χ2v) is 10.3. The Morgan fingerprint density at radius 1 is 1.27 bits per heavy atom. The third kappa shape index (κ3) is 5.28. The van der Waals surface area contributed by atoms with Gasteiger partial charge in [0.25, 0.3) is 0 Å². The number of benzene rings is 1. The summed E-state index contributed by atoms with van der Waals surface area (Å²) in [6.07, 6.45) is 1.63. The molecular formula is C25H31N3O3S2. The van der Waals surface area contributed by atoms with Crippen molar-refractivity contribution in [1.29, 1.82) is 0 Å². The number of aromatic nitrogens is 1. The third-order valence-corrected chi connectivity index (χ3v) is 7.76. The van der Waals surface area contributed by atoms with Crippen LogP contribution in [-0.2, 0) is 27.8 Å². The van der Waals surface area contributed by atoms with E-state index < -0.39 is 6.04 Å². The first-order chi connectivity index (χ1) is 16.0. The van der Waals surface area contributed by atoms with Crippen LogP contribution in [0.1, 0.15) is 37.4 Å². The number of aryl methyl sites for hydroxylation is 1. The van der Waals surface area contributed by atoms with E-state index in [1.807, 2.05) is 38.4 Å². The number of ether oxygens (including phenoxy) is 1. The summed E-state index contributed by atoms with van der Waals surface area (Å²) in [5.41, 5.74) is 3.20. The number of thiophene rings is 1. The Hall–Kier alpha value is -2.29. The molecule has 1 aromatic carbocycles. The second kappa shape index (κ2) is 10.8. The molecule has 3 heterocycles. The Labute approximate surface area is 203 Å². The number of carbonyl (C=O) groups is 2. The van der Waals surface area contributed by atoms with Crippen LogP contribution >= 0.6 is 23.1 Å². The zero-order valence-electron chi connectivity index (χ0n) is 19.4. The lowest BCUT2D eigenvalue weighted by Gasteiger charge is -2.30. The van der Waals surface area contributed by atoms with Gasteiger partial charge in [-0.3, -0.25) is 9.59 Å². The van der Waals surface area contributed by atoms with E-state index in [1.54, 1.807) is 16.2 Å². The molecule has 2 amide bonds. The molecule has 0 radical (unpaired) electrons. The van der Waals surface area contributed by atoms with E-state index >= 15 is 0 Å². The summed E-state index contributed by atoms with van der Waals surface area (Å²) >= 11 is 3.17. The normalized spacial score (nSPS) is 16.3. The maximum Gasteiger partial charge on any atom is 0.247 e. The lowest BCUT2D eigenvalue weighted by atomic mass is 10.0. The van der Waals surface area contributed by atoms with Crippen molar-refractivity contribution in [1.82, 2.24) is 14.8 Å². The Morgan fingerprint density at radius 2 is 2.09 bits per heavy atom. The highest BCUT2D eigenvalue weighted by atomic mass is 32.2. The van der Waals surface area contributed by atoms with Crippen LogP contribution in [0.4, 0.5) is 0 Å². The lowest BCUT2D eigenvalue weighted by molar-refractivity contribution is -0.138. The Kier molecular flexibility index (Phi) is 7.78. The summed E-state index contributed by atoms with van der Waals surface area (Å²) in [5.74, 6) is 0.199. The lowest BCUT2D eigenvalue weighted by Crippen LogP contribution is -2.45. The molecule has 8 heteroatoms. The molecule has 3 aromatic rings. The zero-order valence-corrected chi connectivity index (χ0v) is 21.0. The van der Waals surface area contributed by atoms with E-state index in [9.17, 15) is 9.59 Å². The third-order valence-electron chi connectivity index (χ3n) is 5.87. The first-order valence-corrected chi connectivity index (χ1v) is 13.3. The Balaban J connectivity index is 1.65. The number of hydrogen-bond acceptors (Lipinski definition) is 5. The molecule has 1 aliphatic rings. The number of rotatable bonds is 9. The monoisotopic (exact) mass is 485 g/mol. The molecule has 2 aromatic heterocycles. The van der Waals surface area contributed by atoms with Crippen LogP contribution in [0.2, 0.25) is 0 Å². The maximum atomic E-state index is 13.6. The standard InChI is InChI=1S/C25H31N3O3S2/c1-17(2)31-13-6-11-26-24(30)23-22-19-7-4-5-8-20(19)27(3)25(22)33-16-21(29)28(23)12-9-18-10-14-32-15-18/h4-5,7-8,10,14-15,17,23H,6,9,11-13,16H2,1-3H3,(H,26,30)/t23-/m1/s1. The highest BCUT2D eigenvalue weighted by Gasteiger charge is 2.38. The largest absolute Gasteiger partial charge is 0.379 e. The van der Waals surface area contributed by atoms with Crippen molar-refractivity contribution in [2.24, 2.45) is 7.05 Å². The van der Waals surface area contributed by atoms with Crippen LogP contribution in [0.3, 0.4) is 0 Å². The highest BCUT2D eigenvalue weighted by molar-refractivity contribution is 8.00. The van der Waals surface area contributed by atoms with E-state index in [2.05, 4.69) is 33.5 Å². The molecule has 1 atom stereocenters. The van der Waals surface area contributed by atoms with Crippen LogP contribution in [0, 0.1) is 0 Å². The Bertz CT molecular complexity index is 1110. The maximum absolute atomic E-state index is 13.6. The van der Waals surface area contributed by atoms with E-state index in [4.69, 9.17) is 4.74 Å². The van der Waals surface area contributed by atoms with Crippen molar-refractivity contribution in [3.05, 3.63) is 52.2 Å². The van der Waals surface area contributed by atoms with Gasteiger partial charge in [0.2, 0.25) is 11.8 Å². The molecule has 176 valence electrons. The molecule has 0 spiro atoms. The van der Waals surface area contributed by atoms with Gasteiger partial charge in [-0.15, -0.1) is 0 Å². The van der Waals surface area contributed by atoms with Gasteiger partial charge in [-0.05, 0) is 55.1 Å². The molecule has 0 unspecified atom stereocenters. The number of para-hydroxylation sites is 1. The van der Waals surface area contributed by atoms with Gasteiger partial charge in [0.15, 0.2) is 0 Å². The van der Waals surface area contributed by atoms with Crippen LogP contribution in [-0.4, -0.2) is 52.8 Å². The molecule has 1 N–H and O–H groups in total. The molecule has 0 saturated heterocycles. The number of carbonyl (C=O) groups excluding carboxylic acids is 2. The highest BCUT2D eigenvalue weighted by Crippen LogP contribution is 2.41. The molecular weight excluding hydrogens is 454 g/mol. The van der Waals surface area contributed by atoms with Gasteiger partial charge >= 0.3 is 0 Å². The number of amides is 2. The van der Waals surface area contributed by atoms with E-state index in [1.165, 1.54) is 17.3 Å². The molecule has 33 heavy (non-hydrogen) atoms. The SMILES string of the molecule is CC(C)OCCCNC(=O)[C@H]1c2c(n(C)c3ccccc23)SCC(=O)N1CCc1ccsc1. The summed E-state index contributed by atoms with van der Waals surface area (Å²) in [6, 6.07) is 9.55. The van der Waals surface area contributed by atoms with Gasteiger partial charge in [0.1, 0.15) is 6.04 Å². The fourth-order valence-corrected chi connectivity index (χ4v) is 6.06. The predicted octanol–water partition coefficient (Wildman–Crippen LogP) is 4.39. The van der Waals surface area contributed by atoms with Crippen LogP contribution in [0.25, 0.3) is 10.9 Å². The minimum absolute atomic E-state index is 0.00111. The molecule has 4 rings (SSSR count). The van der Waals surface area contributed by atoms with Gasteiger partial charge in [0, 0.05) is 43.2 Å². The fourth-order valence-electron chi connectivity index (χ4n) is 4.26. The van der Waals surface area contributed by atoms with E-state index in [0.29, 0.717) is 25.4 Å². The first-order valence-electron chi connectivity index (χ1n) is 11.4. The van der Waals surface area contributed by atoms with Gasteiger partial charge in [0.05, 0.1) is 16.9 Å². The van der Waals surface area contributed by atoms with Gasteiger partial charge < -0.3 is 19.5 Å². The van der Waals surface area contributed by atoms with E-state index in [-0.39, 0.29) is 17.9 Å².